The van der Waals surface area contributed by atoms with Crippen LogP contribution in [0.3, 0.4) is 0 Å². The lowest BCUT2D eigenvalue weighted by atomic mass is 10.7. The third-order valence-electron chi connectivity index (χ3n) is 2.99. The molecule has 0 fully saturated rings. The van der Waals surface area contributed by atoms with Crippen molar-refractivity contribution in [3.8, 4) is 0 Å². The lowest BCUT2D eigenvalue weighted by Crippen LogP contribution is -2.60. The predicted molar refractivity (Wildman–Crippen MR) is 71.7 cm³/mol. The van der Waals surface area contributed by atoms with Crippen LogP contribution in [0.2, 0.25) is 26.2 Å². The molecule has 0 spiro atoms. The lowest BCUT2D eigenvalue weighted by Gasteiger charge is -2.42. The van der Waals surface area contributed by atoms with Gasteiger partial charge < -0.3 is 8.80 Å². The van der Waals surface area contributed by atoms with E-state index in [1.807, 2.05) is 0 Å². The van der Waals surface area contributed by atoms with Gasteiger partial charge in [-0.3, -0.25) is 0 Å². The highest BCUT2D eigenvalue weighted by atomic mass is 28.4. The molecule has 0 aromatic carbocycles. The Hall–Kier alpha value is 0.354. The van der Waals surface area contributed by atoms with Crippen molar-refractivity contribution in [2.75, 3.05) is 19.6 Å². The van der Waals surface area contributed by atoms with Crippen LogP contribution in [0, 0.1) is 0 Å². The number of hydrogen-bond acceptors (Lipinski definition) is 2. The van der Waals surface area contributed by atoms with E-state index in [0.29, 0.717) is 0 Å². The second-order valence-corrected chi connectivity index (χ2v) is 12.9. The zero-order valence-corrected chi connectivity index (χ0v) is 13.2. The van der Waals surface area contributed by atoms with Crippen molar-refractivity contribution in [3.63, 3.8) is 0 Å². The highest BCUT2D eigenvalue weighted by Crippen LogP contribution is 2.13. The summed E-state index contributed by atoms with van der Waals surface area (Å²) in [6.45, 7) is 20.4. The average Bonchev–Trinajstić information content (AvgIpc) is 2.05. The minimum atomic E-state index is -1.09. The van der Waals surface area contributed by atoms with Crippen LogP contribution in [0.1, 0.15) is 20.8 Å². The maximum Gasteiger partial charge on any atom is 0.180 e. The fourth-order valence-electron chi connectivity index (χ4n) is 2.25. The average molecular weight is 233 g/mol. The van der Waals surface area contributed by atoms with Gasteiger partial charge in [0.1, 0.15) is 8.24 Å². The molecule has 1 atom stereocenters. The van der Waals surface area contributed by atoms with Crippen LogP contribution in [0.5, 0.6) is 0 Å². The number of hydrogen-bond donors (Lipinski definition) is 0. The van der Waals surface area contributed by atoms with E-state index < -0.39 is 17.4 Å². The smallest absolute Gasteiger partial charge is 0.180 e. The van der Waals surface area contributed by atoms with E-state index in [1.165, 1.54) is 19.6 Å². The largest absolute Gasteiger partial charge is 0.336 e. The van der Waals surface area contributed by atoms with Crippen molar-refractivity contribution >= 4 is 17.4 Å². The Balaban J connectivity index is 4.52. The monoisotopic (exact) mass is 232 g/mol. The van der Waals surface area contributed by atoms with Gasteiger partial charge in [-0.05, 0) is 26.2 Å². The molecule has 0 saturated heterocycles. The number of nitrogens with zero attached hydrogens (tertiary/aromatic N) is 2. The SMILES string of the molecule is CCN(CC)[SiH](C)N(CC)[Si](C)(C)C. The number of rotatable bonds is 6. The molecular weight excluding hydrogens is 204 g/mol. The van der Waals surface area contributed by atoms with Gasteiger partial charge in [-0.1, -0.05) is 40.4 Å². The second kappa shape index (κ2) is 6.05. The van der Waals surface area contributed by atoms with Crippen molar-refractivity contribution < 1.29 is 0 Å². The van der Waals surface area contributed by atoms with Crippen molar-refractivity contribution in [2.24, 2.45) is 0 Å². The van der Waals surface area contributed by atoms with Gasteiger partial charge in [0.25, 0.3) is 0 Å². The van der Waals surface area contributed by atoms with Crippen molar-refractivity contribution in [1.82, 2.24) is 8.80 Å². The summed E-state index contributed by atoms with van der Waals surface area (Å²) in [7, 11) is -1.92. The molecule has 0 aliphatic rings. The first-order chi connectivity index (χ1) is 6.38. The van der Waals surface area contributed by atoms with E-state index >= 15 is 0 Å². The summed E-state index contributed by atoms with van der Waals surface area (Å²) in [5.41, 5.74) is 0. The normalized spacial score (nSPS) is 15.2. The van der Waals surface area contributed by atoms with E-state index in [0.717, 1.165) is 0 Å². The fraction of sp³-hybridized carbons (Fsp3) is 1.00. The van der Waals surface area contributed by atoms with E-state index in [9.17, 15) is 0 Å². The molecule has 0 heterocycles. The molecule has 14 heavy (non-hydrogen) atoms. The molecule has 0 radical (unpaired) electrons. The van der Waals surface area contributed by atoms with Gasteiger partial charge >= 0.3 is 0 Å². The van der Waals surface area contributed by atoms with E-state index in [-0.39, 0.29) is 0 Å². The third kappa shape index (κ3) is 3.84. The van der Waals surface area contributed by atoms with Crippen LogP contribution >= 0.6 is 0 Å². The molecule has 0 bridgehead atoms. The fourth-order valence-corrected chi connectivity index (χ4v) is 10.2. The third-order valence-corrected chi connectivity index (χ3v) is 11.5. The maximum atomic E-state index is 2.82. The lowest BCUT2D eigenvalue weighted by molar-refractivity contribution is 0.438. The summed E-state index contributed by atoms with van der Waals surface area (Å²) in [4.78, 5) is 0. The summed E-state index contributed by atoms with van der Waals surface area (Å²) < 4.78 is 5.49. The summed E-state index contributed by atoms with van der Waals surface area (Å²) in [5, 5.41) is 0. The van der Waals surface area contributed by atoms with Crippen molar-refractivity contribution in [1.29, 1.82) is 0 Å². The molecule has 1 unspecified atom stereocenters. The summed E-state index contributed by atoms with van der Waals surface area (Å²) in [6.07, 6.45) is 0. The van der Waals surface area contributed by atoms with Gasteiger partial charge in [-0.25, -0.2) is 0 Å². The first-order valence-electron chi connectivity index (χ1n) is 5.89. The van der Waals surface area contributed by atoms with Crippen LogP contribution in [-0.2, 0) is 0 Å². The van der Waals surface area contributed by atoms with E-state index in [1.54, 1.807) is 0 Å². The molecule has 2 nitrogen and oxygen atoms in total. The molecule has 0 saturated carbocycles. The topological polar surface area (TPSA) is 6.48 Å². The Kier molecular flexibility index (Phi) is 6.20. The van der Waals surface area contributed by atoms with E-state index in [2.05, 4.69) is 55.8 Å². The molecule has 0 N–H and O–H groups in total. The molecule has 0 rings (SSSR count). The molecule has 0 aliphatic carbocycles. The van der Waals surface area contributed by atoms with Gasteiger partial charge in [0.2, 0.25) is 0 Å². The molecule has 0 aromatic heterocycles. The first-order valence-corrected chi connectivity index (χ1v) is 11.5. The van der Waals surface area contributed by atoms with Gasteiger partial charge in [0.05, 0.1) is 0 Å². The molecule has 86 valence electrons. The quantitative estimate of drug-likeness (QED) is 0.649. The molecule has 0 aromatic rings. The van der Waals surface area contributed by atoms with Gasteiger partial charge in [0.15, 0.2) is 9.12 Å². The maximum absolute atomic E-state index is 2.82. The van der Waals surface area contributed by atoms with Crippen LogP contribution in [0.15, 0.2) is 0 Å². The standard InChI is InChI=1S/C10H28N2Si2/c1-8-11(9-2)13(4)12(10-3)14(5,6)7/h13H,8-10H2,1-7H3. The van der Waals surface area contributed by atoms with Gasteiger partial charge in [0, 0.05) is 0 Å². The molecule has 4 heteroatoms. The predicted octanol–water partition coefficient (Wildman–Crippen LogP) is 2.34. The minimum Gasteiger partial charge on any atom is -0.336 e. The Morgan fingerprint density at radius 1 is 0.929 bits per heavy atom. The first kappa shape index (κ1) is 14.4. The summed E-state index contributed by atoms with van der Waals surface area (Å²) in [6, 6.07) is 0. The van der Waals surface area contributed by atoms with Crippen LogP contribution < -0.4 is 0 Å². The zero-order chi connectivity index (χ0) is 11.4. The Morgan fingerprint density at radius 2 is 1.36 bits per heavy atom. The molecule has 0 aliphatic heterocycles. The van der Waals surface area contributed by atoms with E-state index in [4.69, 9.17) is 0 Å². The minimum absolute atomic E-state index is 0.829. The Bertz CT molecular complexity index is 153. The zero-order valence-electron chi connectivity index (χ0n) is 11.1. The van der Waals surface area contributed by atoms with Crippen LogP contribution in [0.4, 0.5) is 0 Å². The summed E-state index contributed by atoms with van der Waals surface area (Å²) >= 11 is 0. The highest BCUT2D eigenvalue weighted by molar-refractivity contribution is 6.82. The van der Waals surface area contributed by atoms with Crippen molar-refractivity contribution in [2.45, 2.75) is 47.0 Å². The van der Waals surface area contributed by atoms with Crippen LogP contribution in [-0.4, -0.2) is 45.8 Å². The van der Waals surface area contributed by atoms with Gasteiger partial charge in [-0.15, -0.1) is 0 Å². The van der Waals surface area contributed by atoms with Gasteiger partial charge in [-0.2, -0.15) is 0 Å². The molecular formula is C10H28N2Si2. The molecule has 0 amide bonds. The summed E-state index contributed by atoms with van der Waals surface area (Å²) in [5.74, 6) is 0. The van der Waals surface area contributed by atoms with Crippen molar-refractivity contribution in [3.05, 3.63) is 0 Å². The highest BCUT2D eigenvalue weighted by Gasteiger charge is 2.29. The Morgan fingerprint density at radius 3 is 1.57 bits per heavy atom. The Labute approximate surface area is 93.1 Å². The van der Waals surface area contributed by atoms with Crippen LogP contribution in [0.25, 0.3) is 0 Å². The second-order valence-electron chi connectivity index (χ2n) is 4.81.